The van der Waals surface area contributed by atoms with Gasteiger partial charge in [-0.2, -0.15) is 0 Å². The molecule has 60 valence electrons. The number of H-pyrrole nitrogens is 1. The fourth-order valence-electron chi connectivity index (χ4n) is 0.721. The standard InChI is InChI=1S/C6H9N3OS/c7-5(6(10)11)1-4-2-8-3-9-4/h2-3,5H,1,7H2,(H,8,9)(H,10,11)/t5-/m1/s1. The van der Waals surface area contributed by atoms with Crippen molar-refractivity contribution in [2.45, 2.75) is 12.5 Å². The molecule has 0 saturated carbocycles. The van der Waals surface area contributed by atoms with Crippen LogP contribution >= 0.6 is 12.6 Å². The third kappa shape index (κ3) is 2.36. The lowest BCUT2D eigenvalue weighted by atomic mass is 10.2. The van der Waals surface area contributed by atoms with Gasteiger partial charge in [0.25, 0.3) is 0 Å². The maximum atomic E-state index is 10.6. The van der Waals surface area contributed by atoms with Crippen molar-refractivity contribution in [3.05, 3.63) is 18.2 Å². The van der Waals surface area contributed by atoms with Gasteiger partial charge in [0.05, 0.1) is 12.4 Å². The molecule has 0 amide bonds. The quantitative estimate of drug-likeness (QED) is 0.548. The molecule has 0 fully saturated rings. The molecule has 3 N–H and O–H groups in total. The second-order valence-electron chi connectivity index (χ2n) is 2.23. The van der Waals surface area contributed by atoms with Crippen molar-refractivity contribution >= 4 is 17.7 Å². The zero-order chi connectivity index (χ0) is 8.27. The summed E-state index contributed by atoms with van der Waals surface area (Å²) in [5.41, 5.74) is 6.28. The highest BCUT2D eigenvalue weighted by Crippen LogP contribution is 1.98. The SMILES string of the molecule is N[C@H](Cc1cnc[nH]1)C(=O)S. The molecule has 11 heavy (non-hydrogen) atoms. The summed E-state index contributed by atoms with van der Waals surface area (Å²) in [6.45, 7) is 0. The third-order valence-corrected chi connectivity index (χ3v) is 1.64. The van der Waals surface area contributed by atoms with E-state index in [1.54, 1.807) is 12.5 Å². The van der Waals surface area contributed by atoms with Gasteiger partial charge in [-0.3, -0.25) is 4.79 Å². The molecule has 0 aliphatic carbocycles. The Labute approximate surface area is 69.6 Å². The molecular weight excluding hydrogens is 162 g/mol. The van der Waals surface area contributed by atoms with Crippen molar-refractivity contribution in [3.8, 4) is 0 Å². The van der Waals surface area contributed by atoms with Crippen LogP contribution < -0.4 is 5.73 Å². The Bertz CT molecular complexity index is 234. The minimum Gasteiger partial charge on any atom is -0.348 e. The van der Waals surface area contributed by atoms with Crippen LogP contribution in [0.5, 0.6) is 0 Å². The molecule has 0 aliphatic heterocycles. The van der Waals surface area contributed by atoms with Crippen LogP contribution in [0, 0.1) is 0 Å². The molecule has 1 aromatic heterocycles. The zero-order valence-corrected chi connectivity index (χ0v) is 6.71. The Hall–Kier alpha value is -0.810. The van der Waals surface area contributed by atoms with Gasteiger partial charge in [0.1, 0.15) is 0 Å². The second-order valence-corrected chi connectivity index (χ2v) is 2.67. The monoisotopic (exact) mass is 171 g/mol. The van der Waals surface area contributed by atoms with E-state index in [1.807, 2.05) is 0 Å². The van der Waals surface area contributed by atoms with Gasteiger partial charge >= 0.3 is 0 Å². The maximum Gasteiger partial charge on any atom is 0.203 e. The van der Waals surface area contributed by atoms with E-state index >= 15 is 0 Å². The van der Waals surface area contributed by atoms with E-state index in [0.29, 0.717) is 6.42 Å². The van der Waals surface area contributed by atoms with Gasteiger partial charge in [-0.05, 0) is 0 Å². The predicted octanol–water partition coefficient (Wildman–Crippen LogP) is -0.264. The molecule has 1 aromatic rings. The molecule has 0 bridgehead atoms. The van der Waals surface area contributed by atoms with Crippen LogP contribution in [-0.4, -0.2) is 21.1 Å². The van der Waals surface area contributed by atoms with Gasteiger partial charge < -0.3 is 10.7 Å². The van der Waals surface area contributed by atoms with E-state index in [0.717, 1.165) is 5.69 Å². The lowest BCUT2D eigenvalue weighted by Crippen LogP contribution is -2.29. The molecule has 1 rings (SSSR count). The van der Waals surface area contributed by atoms with Gasteiger partial charge in [0, 0.05) is 18.3 Å². The number of nitrogens with zero attached hydrogens (tertiary/aromatic N) is 1. The molecule has 4 nitrogen and oxygen atoms in total. The minimum absolute atomic E-state index is 0.306. The number of thiol groups is 1. The van der Waals surface area contributed by atoms with Crippen LogP contribution in [0.15, 0.2) is 12.5 Å². The van der Waals surface area contributed by atoms with E-state index in [2.05, 4.69) is 22.6 Å². The lowest BCUT2D eigenvalue weighted by Gasteiger charge is -2.02. The maximum absolute atomic E-state index is 10.6. The van der Waals surface area contributed by atoms with Crippen LogP contribution in [0.4, 0.5) is 0 Å². The fraction of sp³-hybridized carbons (Fsp3) is 0.333. The van der Waals surface area contributed by atoms with Crippen LogP contribution in [0.1, 0.15) is 5.69 Å². The van der Waals surface area contributed by atoms with Crippen LogP contribution in [0.3, 0.4) is 0 Å². The average molecular weight is 171 g/mol. The number of rotatable bonds is 3. The summed E-state index contributed by atoms with van der Waals surface area (Å²) in [5.74, 6) is 0. The Morgan fingerprint density at radius 2 is 2.64 bits per heavy atom. The first-order chi connectivity index (χ1) is 5.20. The summed E-state index contributed by atoms with van der Waals surface area (Å²) in [4.78, 5) is 17.2. The van der Waals surface area contributed by atoms with Gasteiger partial charge in [0.15, 0.2) is 0 Å². The molecule has 1 atom stereocenters. The highest BCUT2D eigenvalue weighted by Gasteiger charge is 2.09. The van der Waals surface area contributed by atoms with Gasteiger partial charge in [-0.1, -0.05) is 0 Å². The predicted molar refractivity (Wildman–Crippen MR) is 44.3 cm³/mol. The first-order valence-corrected chi connectivity index (χ1v) is 3.60. The summed E-state index contributed by atoms with van der Waals surface area (Å²) in [5, 5.41) is -0.306. The number of hydrogen-bond acceptors (Lipinski definition) is 3. The lowest BCUT2D eigenvalue weighted by molar-refractivity contribution is -0.111. The molecule has 0 aromatic carbocycles. The highest BCUT2D eigenvalue weighted by atomic mass is 32.1. The van der Waals surface area contributed by atoms with Crippen molar-refractivity contribution in [1.29, 1.82) is 0 Å². The number of carbonyl (C=O) groups is 1. The second kappa shape index (κ2) is 3.54. The normalized spacial score (nSPS) is 12.9. The van der Waals surface area contributed by atoms with E-state index < -0.39 is 6.04 Å². The molecule has 0 aliphatic rings. The first-order valence-electron chi connectivity index (χ1n) is 3.16. The third-order valence-electron chi connectivity index (χ3n) is 1.31. The molecule has 0 saturated heterocycles. The molecule has 0 spiro atoms. The van der Waals surface area contributed by atoms with E-state index in [-0.39, 0.29) is 5.12 Å². The summed E-state index contributed by atoms with van der Waals surface area (Å²) < 4.78 is 0. The smallest absolute Gasteiger partial charge is 0.203 e. The molecule has 0 unspecified atom stereocenters. The summed E-state index contributed by atoms with van der Waals surface area (Å²) in [7, 11) is 0. The van der Waals surface area contributed by atoms with Crippen molar-refractivity contribution in [2.24, 2.45) is 5.73 Å². The topological polar surface area (TPSA) is 71.8 Å². The molecule has 5 heteroatoms. The molecular formula is C6H9N3OS. The van der Waals surface area contributed by atoms with Gasteiger partial charge in [-0.25, -0.2) is 4.98 Å². The Morgan fingerprint density at radius 1 is 1.91 bits per heavy atom. The Morgan fingerprint density at radius 3 is 3.09 bits per heavy atom. The van der Waals surface area contributed by atoms with E-state index in [9.17, 15) is 4.79 Å². The van der Waals surface area contributed by atoms with E-state index in [4.69, 9.17) is 5.73 Å². The van der Waals surface area contributed by atoms with Crippen LogP contribution in [0.2, 0.25) is 0 Å². The number of imidazole rings is 1. The van der Waals surface area contributed by atoms with Gasteiger partial charge in [-0.15, -0.1) is 12.6 Å². The molecule has 1 heterocycles. The summed E-state index contributed by atoms with van der Waals surface area (Å²) in [6.07, 6.45) is 3.64. The fourth-order valence-corrected chi connectivity index (χ4v) is 0.812. The Balaban J connectivity index is 2.50. The number of hydrogen-bond donors (Lipinski definition) is 3. The van der Waals surface area contributed by atoms with Crippen LogP contribution in [-0.2, 0) is 11.2 Å². The molecule has 0 radical (unpaired) electrons. The largest absolute Gasteiger partial charge is 0.348 e. The minimum atomic E-state index is -0.543. The zero-order valence-electron chi connectivity index (χ0n) is 5.82. The van der Waals surface area contributed by atoms with Crippen LogP contribution in [0.25, 0.3) is 0 Å². The number of nitrogens with two attached hydrogens (primary N) is 1. The van der Waals surface area contributed by atoms with Crippen molar-refractivity contribution in [1.82, 2.24) is 9.97 Å². The van der Waals surface area contributed by atoms with Gasteiger partial charge in [0.2, 0.25) is 5.12 Å². The van der Waals surface area contributed by atoms with Crippen molar-refractivity contribution in [3.63, 3.8) is 0 Å². The van der Waals surface area contributed by atoms with Crippen molar-refractivity contribution < 1.29 is 4.79 Å². The Kier molecular flexibility index (Phi) is 2.67. The highest BCUT2D eigenvalue weighted by molar-refractivity contribution is 7.96. The summed E-state index contributed by atoms with van der Waals surface area (Å²) >= 11 is 3.61. The van der Waals surface area contributed by atoms with Crippen molar-refractivity contribution in [2.75, 3.05) is 0 Å². The number of aromatic amines is 1. The number of nitrogens with one attached hydrogen (secondary N) is 1. The number of aromatic nitrogens is 2. The average Bonchev–Trinajstić information content (AvgIpc) is 2.39. The number of carbonyl (C=O) groups excluding carboxylic acids is 1. The van der Waals surface area contributed by atoms with E-state index in [1.165, 1.54) is 0 Å². The first kappa shape index (κ1) is 8.29. The summed E-state index contributed by atoms with van der Waals surface area (Å²) in [6, 6.07) is -0.543.